The number of fused-ring (bicyclic) bond motifs is 4. The Labute approximate surface area is 407 Å². The summed E-state index contributed by atoms with van der Waals surface area (Å²) in [6.45, 7) is 0. The minimum Gasteiger partial charge on any atom is -0.508 e. The van der Waals surface area contributed by atoms with Gasteiger partial charge in [0.15, 0.2) is 0 Å². The minimum absolute atomic E-state index is 0.321. The second-order valence-electron chi connectivity index (χ2n) is 20.6. The van der Waals surface area contributed by atoms with Gasteiger partial charge in [-0.25, -0.2) is 0 Å². The molecule has 0 amide bonds. The molecule has 8 rings (SSSR count). The lowest BCUT2D eigenvalue weighted by Crippen LogP contribution is -2.50. The maximum absolute atomic E-state index is 13.0. The normalized spacial score (nSPS) is 11.7. The van der Waals surface area contributed by atoms with Crippen molar-refractivity contribution in [1.29, 1.82) is 0 Å². The SMILES string of the molecule is Bc1cc(B)c2c(B)c(-c3c(B)c(B)c(-c4c5c(B)c(B)c(B)c(B)c5c(-c5c(B)c(B)c(B)c6c(B)c(B)c(B)c(O)c56)c5c(O)c(B)c(B)c(B)c45)c(B)c3B)c(B)c(B)c2c1B. The number of benzene rings is 8. The fourth-order valence-electron chi connectivity index (χ4n) is 12.6. The first-order chi connectivity index (χ1) is 30.3. The summed E-state index contributed by atoms with van der Waals surface area (Å²) in [4.78, 5) is 0. The van der Waals surface area contributed by atoms with Crippen LogP contribution in [0.3, 0.4) is 0 Å². The lowest BCUT2D eigenvalue weighted by Gasteiger charge is -2.32. The second kappa shape index (κ2) is 16.0. The van der Waals surface area contributed by atoms with Crippen LogP contribution in [0.2, 0.25) is 0 Å². The average molecular weight is 811 g/mol. The summed E-state index contributed by atoms with van der Waals surface area (Å²) in [5, 5.41) is 34.7. The molecule has 25 heteroatoms. The second-order valence-corrected chi connectivity index (χ2v) is 20.6. The van der Waals surface area contributed by atoms with Gasteiger partial charge in [0.25, 0.3) is 0 Å². The molecule has 0 aliphatic carbocycles. The predicted molar refractivity (Wildman–Crippen MR) is 364 cm³/mol. The van der Waals surface area contributed by atoms with Crippen molar-refractivity contribution in [1.82, 2.24) is 0 Å². The zero-order chi connectivity index (χ0) is 48.2. The molecule has 2 nitrogen and oxygen atoms in total. The Hall–Kier alpha value is -4.11. The summed E-state index contributed by atoms with van der Waals surface area (Å²) in [7, 11) is 51.9. The summed E-state index contributed by atoms with van der Waals surface area (Å²) in [5.41, 5.74) is 35.4. The maximum Gasteiger partial charge on any atom is 0.143 e. The van der Waals surface area contributed by atoms with Gasteiger partial charge in [0.1, 0.15) is 192 Å². The Balaban J connectivity index is 1.69. The van der Waals surface area contributed by atoms with Crippen LogP contribution in [0.25, 0.3) is 76.5 Å². The Bertz CT molecular complexity index is 3490. The molecule has 8 aromatic rings. The largest absolute Gasteiger partial charge is 0.508 e. The van der Waals surface area contributed by atoms with Crippen LogP contribution in [0.15, 0.2) is 6.07 Å². The molecule has 0 fully saturated rings. The molecule has 0 atom stereocenters. The Kier molecular flexibility index (Phi) is 11.7. The fourth-order valence-corrected chi connectivity index (χ4v) is 12.6. The molecule has 0 unspecified atom stereocenters. The highest BCUT2D eigenvalue weighted by molar-refractivity contribution is 6.74. The molecule has 0 saturated heterocycles. The highest BCUT2D eigenvalue weighted by Gasteiger charge is 2.32. The van der Waals surface area contributed by atoms with Crippen LogP contribution in [0.1, 0.15) is 0 Å². The van der Waals surface area contributed by atoms with Gasteiger partial charge in [-0.3, -0.25) is 0 Å². The summed E-state index contributed by atoms with van der Waals surface area (Å²) in [5.74, 6) is 0.651. The molecule has 290 valence electrons. The van der Waals surface area contributed by atoms with Crippen LogP contribution in [0.5, 0.6) is 11.5 Å². The number of hydrogen-bond donors (Lipinski definition) is 2. The smallest absolute Gasteiger partial charge is 0.143 e. The van der Waals surface area contributed by atoms with E-state index in [1.165, 1.54) is 137 Å². The molecule has 0 heterocycles. The molecule has 0 radical (unpaired) electrons. The molecule has 0 bridgehead atoms. The van der Waals surface area contributed by atoms with Crippen LogP contribution in [0.4, 0.5) is 0 Å². The van der Waals surface area contributed by atoms with Crippen molar-refractivity contribution in [3.63, 3.8) is 0 Å². The van der Waals surface area contributed by atoms with Crippen molar-refractivity contribution < 1.29 is 10.2 Å². The van der Waals surface area contributed by atoms with Crippen LogP contribution >= 0.6 is 0 Å². The van der Waals surface area contributed by atoms with Gasteiger partial charge in [-0.05, 0) is 60.1 Å². The third-order valence-electron chi connectivity index (χ3n) is 18.0. The number of rotatable bonds is 3. The van der Waals surface area contributed by atoms with Gasteiger partial charge in [-0.2, -0.15) is 0 Å². The fraction of sp³-hybridized carbons (Fsp3) is 0. The molecule has 0 spiro atoms. The van der Waals surface area contributed by atoms with Gasteiger partial charge >= 0.3 is 0 Å². The van der Waals surface area contributed by atoms with E-state index in [1.807, 2.05) is 7.85 Å². The molecule has 2 N–H and O–H groups in total. The first kappa shape index (κ1) is 47.4. The first-order valence-corrected chi connectivity index (χ1v) is 23.8. The maximum atomic E-state index is 13.0. The van der Waals surface area contributed by atoms with Crippen molar-refractivity contribution in [2.45, 2.75) is 0 Å². The molecule has 0 aromatic heterocycles. The van der Waals surface area contributed by atoms with Crippen LogP contribution in [0, 0.1) is 0 Å². The van der Waals surface area contributed by atoms with Gasteiger partial charge < -0.3 is 10.2 Å². The highest BCUT2D eigenvalue weighted by Crippen LogP contribution is 2.45. The van der Waals surface area contributed by atoms with E-state index >= 15 is 0 Å². The van der Waals surface area contributed by atoms with E-state index in [-0.39, 0.29) is 0 Å². The van der Waals surface area contributed by atoms with Crippen LogP contribution < -0.4 is 126 Å². The van der Waals surface area contributed by atoms with Crippen LogP contribution in [-0.2, 0) is 0 Å². The first-order valence-electron chi connectivity index (χ1n) is 23.8. The molecule has 0 saturated carbocycles. The Morgan fingerprint density at radius 2 is 0.446 bits per heavy atom. The number of phenols is 2. The van der Waals surface area contributed by atoms with E-state index < -0.39 is 0 Å². The van der Waals surface area contributed by atoms with E-state index in [9.17, 15) is 10.2 Å². The number of aromatic hydroxyl groups is 2. The molecule has 8 aromatic carbocycles. The Morgan fingerprint density at radius 1 is 0.185 bits per heavy atom. The molecular weight excluding hydrogens is 761 g/mol. The van der Waals surface area contributed by atoms with E-state index in [0.29, 0.717) is 11.5 Å². The lowest BCUT2D eigenvalue weighted by molar-refractivity contribution is 0.485. The Morgan fingerprint density at radius 3 is 0.892 bits per heavy atom. The quantitative estimate of drug-likeness (QED) is 0.138. The third-order valence-corrected chi connectivity index (χ3v) is 18.0. The van der Waals surface area contributed by atoms with Crippen molar-refractivity contribution >= 4 is 349 Å². The van der Waals surface area contributed by atoms with Crippen molar-refractivity contribution in [3.05, 3.63) is 6.07 Å². The third kappa shape index (κ3) is 6.20. The van der Waals surface area contributed by atoms with Crippen LogP contribution in [-0.4, -0.2) is 191 Å². The van der Waals surface area contributed by atoms with Crippen molar-refractivity contribution in [2.24, 2.45) is 0 Å². The summed E-state index contributed by atoms with van der Waals surface area (Å²) in [6.07, 6.45) is 0. The topological polar surface area (TPSA) is 40.5 Å². The van der Waals surface area contributed by atoms with E-state index in [2.05, 4.69) is 179 Å². The monoisotopic (exact) mass is 815 g/mol. The number of phenolic OH excluding ortho intramolecular Hbond substituents is 2. The average Bonchev–Trinajstić information content (AvgIpc) is 3.26. The molecule has 65 heavy (non-hydrogen) atoms. The van der Waals surface area contributed by atoms with Gasteiger partial charge in [0, 0.05) is 16.3 Å². The van der Waals surface area contributed by atoms with Gasteiger partial charge in [-0.1, -0.05) is 115 Å². The van der Waals surface area contributed by atoms with E-state index in [4.69, 9.17) is 0 Å². The summed E-state index contributed by atoms with van der Waals surface area (Å²) >= 11 is 0. The molecule has 0 aliphatic heterocycles. The van der Waals surface area contributed by atoms with Gasteiger partial charge in [0.05, 0.1) is 0 Å². The summed E-state index contributed by atoms with van der Waals surface area (Å²) in [6, 6.07) is 2.37. The van der Waals surface area contributed by atoms with Gasteiger partial charge in [0.2, 0.25) is 0 Å². The van der Waals surface area contributed by atoms with E-state index in [1.54, 1.807) is 0 Å². The summed E-state index contributed by atoms with van der Waals surface area (Å²) < 4.78 is 0. The van der Waals surface area contributed by atoms with Crippen molar-refractivity contribution in [2.75, 3.05) is 0 Å². The number of hydrogen-bond acceptors (Lipinski definition) is 2. The minimum atomic E-state index is 0.321. The van der Waals surface area contributed by atoms with E-state index in [0.717, 1.165) is 65.4 Å². The zero-order valence-electron chi connectivity index (χ0n) is 44.0. The predicted octanol–water partition coefficient (Wildman–Crippen LogP) is -29.3. The molecular formula is C40H49B23O2. The van der Waals surface area contributed by atoms with Gasteiger partial charge in [-0.15, -0.1) is 16.4 Å². The zero-order valence-corrected chi connectivity index (χ0v) is 44.0. The van der Waals surface area contributed by atoms with Crippen molar-refractivity contribution in [3.8, 4) is 44.9 Å². The highest BCUT2D eigenvalue weighted by atomic mass is 16.3. The molecule has 0 aliphatic rings. The standard InChI is InChI=1S/C40H49B23O2/c41-2-1-3(42)18(43)13-4(2)19(44)16(27(52)24(13)49)17-28(53)25(50)14(26(51)29(17)54)6-8-7(20(45)33(58)34(59)21(8)46)5(11-10(6)23(48)35(60)37(62)39(11)64)9-12-15(30(55)32(57)22(9)47)31(56)36(61)38(63)40(12)65/h1,64-65H,41-63H2. The lowest BCUT2D eigenvalue weighted by atomic mass is 9.56.